The van der Waals surface area contributed by atoms with Crippen LogP contribution >= 0.6 is 11.6 Å². The Labute approximate surface area is 96.1 Å². The Bertz CT molecular complexity index is 291. The van der Waals surface area contributed by atoms with Gasteiger partial charge in [0.1, 0.15) is 0 Å². The largest absolute Gasteiger partial charge is 0.311 e. The van der Waals surface area contributed by atoms with Crippen LogP contribution in [0.25, 0.3) is 0 Å². The quantitative estimate of drug-likeness (QED) is 0.851. The number of nitrogens with one attached hydrogen (secondary N) is 1. The van der Waals surface area contributed by atoms with Crippen LogP contribution in [0.1, 0.15) is 31.4 Å². The highest BCUT2D eigenvalue weighted by Crippen LogP contribution is 2.23. The van der Waals surface area contributed by atoms with E-state index in [1.165, 1.54) is 25.7 Å². The van der Waals surface area contributed by atoms with Gasteiger partial charge in [0.2, 0.25) is 0 Å². The molecule has 2 nitrogen and oxygen atoms in total. The van der Waals surface area contributed by atoms with E-state index in [4.69, 9.17) is 11.6 Å². The second kappa shape index (κ2) is 5.47. The van der Waals surface area contributed by atoms with Gasteiger partial charge in [-0.3, -0.25) is 4.98 Å². The maximum atomic E-state index is 5.77. The van der Waals surface area contributed by atoms with Crippen LogP contribution in [-0.2, 0) is 6.54 Å². The fraction of sp³-hybridized carbons (Fsp3) is 0.583. The molecule has 0 radical (unpaired) electrons. The second-order valence-corrected chi connectivity index (χ2v) is 4.69. The molecule has 1 N–H and O–H groups in total. The van der Waals surface area contributed by atoms with Crippen LogP contribution in [-0.4, -0.2) is 11.5 Å². The minimum Gasteiger partial charge on any atom is -0.311 e. The number of rotatable bonds is 4. The van der Waals surface area contributed by atoms with Crippen LogP contribution in [0.2, 0.25) is 5.02 Å². The summed E-state index contributed by atoms with van der Waals surface area (Å²) >= 11 is 5.77. The molecule has 2 rings (SSSR count). The lowest BCUT2D eigenvalue weighted by Gasteiger charge is -2.09. The molecule has 3 heteroatoms. The lowest BCUT2D eigenvalue weighted by Crippen LogP contribution is -2.21. The van der Waals surface area contributed by atoms with E-state index >= 15 is 0 Å². The Morgan fingerprint density at radius 2 is 2.13 bits per heavy atom. The molecule has 0 atom stereocenters. The first-order valence-electron chi connectivity index (χ1n) is 5.66. The van der Waals surface area contributed by atoms with E-state index in [2.05, 4.69) is 10.3 Å². The molecule has 0 spiro atoms. The molecule has 1 heterocycles. The van der Waals surface area contributed by atoms with Crippen LogP contribution in [0.4, 0.5) is 0 Å². The van der Waals surface area contributed by atoms with Gasteiger partial charge in [-0.15, -0.1) is 0 Å². The van der Waals surface area contributed by atoms with Crippen molar-refractivity contribution in [3.63, 3.8) is 0 Å². The first kappa shape index (κ1) is 10.9. The van der Waals surface area contributed by atoms with Gasteiger partial charge in [-0.2, -0.15) is 0 Å². The van der Waals surface area contributed by atoms with E-state index in [0.29, 0.717) is 5.02 Å². The third kappa shape index (κ3) is 3.47. The van der Waals surface area contributed by atoms with Crippen molar-refractivity contribution in [2.75, 3.05) is 6.54 Å². The Morgan fingerprint density at radius 3 is 2.80 bits per heavy atom. The summed E-state index contributed by atoms with van der Waals surface area (Å²) in [6.07, 6.45) is 7.30. The number of pyridine rings is 1. The Hall–Kier alpha value is -0.600. The molecular weight excluding hydrogens is 208 g/mol. The van der Waals surface area contributed by atoms with Gasteiger partial charge >= 0.3 is 0 Å². The molecule has 1 aliphatic rings. The van der Waals surface area contributed by atoms with Crippen molar-refractivity contribution in [2.24, 2.45) is 5.92 Å². The molecule has 1 aromatic rings. The zero-order valence-corrected chi connectivity index (χ0v) is 9.63. The van der Waals surface area contributed by atoms with E-state index in [9.17, 15) is 0 Å². The summed E-state index contributed by atoms with van der Waals surface area (Å²) in [4.78, 5) is 4.25. The van der Waals surface area contributed by atoms with Gasteiger partial charge in [0.15, 0.2) is 0 Å². The van der Waals surface area contributed by atoms with Gasteiger partial charge in [-0.25, -0.2) is 0 Å². The van der Waals surface area contributed by atoms with Crippen molar-refractivity contribution in [2.45, 2.75) is 32.2 Å². The number of nitrogens with zero attached hydrogens (tertiary/aromatic N) is 1. The van der Waals surface area contributed by atoms with E-state index in [-0.39, 0.29) is 0 Å². The molecule has 0 aliphatic heterocycles. The SMILES string of the molecule is Clc1ccc(CNCC2CCCC2)nc1. The van der Waals surface area contributed by atoms with E-state index in [0.717, 1.165) is 24.7 Å². The highest BCUT2D eigenvalue weighted by molar-refractivity contribution is 6.30. The Morgan fingerprint density at radius 1 is 1.33 bits per heavy atom. The van der Waals surface area contributed by atoms with E-state index in [1.807, 2.05) is 12.1 Å². The average Bonchev–Trinajstić information content (AvgIpc) is 2.74. The van der Waals surface area contributed by atoms with Crippen molar-refractivity contribution in [3.8, 4) is 0 Å². The number of halogens is 1. The Balaban J connectivity index is 1.71. The van der Waals surface area contributed by atoms with Gasteiger partial charge in [-0.1, -0.05) is 24.4 Å². The first-order valence-corrected chi connectivity index (χ1v) is 6.03. The van der Waals surface area contributed by atoms with Gasteiger partial charge in [0, 0.05) is 12.7 Å². The molecule has 82 valence electrons. The van der Waals surface area contributed by atoms with Gasteiger partial charge < -0.3 is 5.32 Å². The number of hydrogen-bond donors (Lipinski definition) is 1. The molecule has 0 saturated heterocycles. The monoisotopic (exact) mass is 224 g/mol. The van der Waals surface area contributed by atoms with Gasteiger partial charge in [0.25, 0.3) is 0 Å². The average molecular weight is 225 g/mol. The van der Waals surface area contributed by atoms with Crippen molar-refractivity contribution in [1.82, 2.24) is 10.3 Å². The maximum Gasteiger partial charge on any atom is 0.0589 e. The van der Waals surface area contributed by atoms with Gasteiger partial charge in [-0.05, 0) is 37.4 Å². The zero-order chi connectivity index (χ0) is 10.5. The molecule has 15 heavy (non-hydrogen) atoms. The first-order chi connectivity index (χ1) is 7.34. The molecule has 1 aromatic heterocycles. The fourth-order valence-electron chi connectivity index (χ4n) is 2.13. The third-order valence-electron chi connectivity index (χ3n) is 3.00. The standard InChI is InChI=1S/C12H17ClN2/c13-11-5-6-12(15-8-11)9-14-7-10-3-1-2-4-10/h5-6,8,10,14H,1-4,7,9H2. The summed E-state index contributed by atoms with van der Waals surface area (Å²) in [5, 5.41) is 4.16. The Kier molecular flexibility index (Phi) is 3.98. The number of aromatic nitrogens is 1. The summed E-state index contributed by atoms with van der Waals surface area (Å²) in [6.45, 7) is 1.98. The van der Waals surface area contributed by atoms with Crippen molar-refractivity contribution >= 4 is 11.6 Å². The normalized spacial score (nSPS) is 17.1. The van der Waals surface area contributed by atoms with Crippen molar-refractivity contribution in [1.29, 1.82) is 0 Å². The highest BCUT2D eigenvalue weighted by atomic mass is 35.5. The molecule has 0 aromatic carbocycles. The minimum atomic E-state index is 0.703. The zero-order valence-electron chi connectivity index (χ0n) is 8.88. The second-order valence-electron chi connectivity index (χ2n) is 4.25. The minimum absolute atomic E-state index is 0.703. The smallest absolute Gasteiger partial charge is 0.0589 e. The molecule has 0 unspecified atom stereocenters. The van der Waals surface area contributed by atoms with Gasteiger partial charge in [0.05, 0.1) is 10.7 Å². The van der Waals surface area contributed by atoms with Crippen LogP contribution in [0.5, 0.6) is 0 Å². The van der Waals surface area contributed by atoms with Crippen molar-refractivity contribution < 1.29 is 0 Å². The molecule has 0 amide bonds. The van der Waals surface area contributed by atoms with Crippen LogP contribution in [0.15, 0.2) is 18.3 Å². The summed E-state index contributed by atoms with van der Waals surface area (Å²) < 4.78 is 0. The summed E-state index contributed by atoms with van der Waals surface area (Å²) in [6, 6.07) is 3.87. The lowest BCUT2D eigenvalue weighted by molar-refractivity contribution is 0.487. The lowest BCUT2D eigenvalue weighted by atomic mass is 10.1. The molecule has 1 aliphatic carbocycles. The molecule has 1 saturated carbocycles. The van der Waals surface area contributed by atoms with E-state index in [1.54, 1.807) is 6.20 Å². The number of hydrogen-bond acceptors (Lipinski definition) is 2. The third-order valence-corrected chi connectivity index (χ3v) is 3.23. The fourth-order valence-corrected chi connectivity index (χ4v) is 2.24. The van der Waals surface area contributed by atoms with Crippen LogP contribution in [0.3, 0.4) is 0 Å². The topological polar surface area (TPSA) is 24.9 Å². The molecular formula is C12H17ClN2. The molecule has 0 bridgehead atoms. The molecule has 1 fully saturated rings. The van der Waals surface area contributed by atoms with E-state index < -0.39 is 0 Å². The van der Waals surface area contributed by atoms with Crippen LogP contribution in [0, 0.1) is 5.92 Å². The predicted molar refractivity (Wildman–Crippen MR) is 62.9 cm³/mol. The predicted octanol–water partition coefficient (Wildman–Crippen LogP) is 3.01. The summed E-state index contributed by atoms with van der Waals surface area (Å²) in [7, 11) is 0. The highest BCUT2D eigenvalue weighted by Gasteiger charge is 2.13. The van der Waals surface area contributed by atoms with Crippen LogP contribution < -0.4 is 5.32 Å². The van der Waals surface area contributed by atoms with Crippen molar-refractivity contribution in [3.05, 3.63) is 29.0 Å². The summed E-state index contributed by atoms with van der Waals surface area (Å²) in [5.74, 6) is 0.886. The maximum absolute atomic E-state index is 5.77. The summed E-state index contributed by atoms with van der Waals surface area (Å²) in [5.41, 5.74) is 1.07.